The number of rotatable bonds is 7. The highest BCUT2D eigenvalue weighted by Crippen LogP contribution is 2.11. The fraction of sp³-hybridized carbons (Fsp3) is 0.0952. The molecule has 0 radical (unpaired) electrons. The van der Waals surface area contributed by atoms with E-state index in [4.69, 9.17) is 4.84 Å². The van der Waals surface area contributed by atoms with Crippen molar-refractivity contribution in [1.82, 2.24) is 4.98 Å². The number of pyridine rings is 1. The number of oxime groups is 1. The van der Waals surface area contributed by atoms with E-state index in [2.05, 4.69) is 10.1 Å². The first-order valence-corrected chi connectivity index (χ1v) is 8.04. The molecule has 0 amide bonds. The molecule has 0 saturated carbocycles. The van der Waals surface area contributed by atoms with Crippen molar-refractivity contribution in [3.8, 4) is 0 Å². The van der Waals surface area contributed by atoms with E-state index in [1.165, 1.54) is 0 Å². The molecule has 0 saturated heterocycles. The Morgan fingerprint density at radius 1 is 0.840 bits per heavy atom. The Hall–Kier alpha value is -3.27. The van der Waals surface area contributed by atoms with Crippen LogP contribution in [0, 0.1) is 0 Å². The number of carbonyl (C=O) groups is 1. The number of benzene rings is 2. The lowest BCUT2D eigenvalue weighted by Gasteiger charge is -2.07. The number of hydrogen-bond donors (Lipinski definition) is 0. The van der Waals surface area contributed by atoms with E-state index >= 15 is 0 Å². The minimum atomic E-state index is -0.0201. The predicted octanol–water partition coefficient (Wildman–Crippen LogP) is 4.28. The van der Waals surface area contributed by atoms with Gasteiger partial charge in [0, 0.05) is 18.0 Å². The summed E-state index contributed by atoms with van der Waals surface area (Å²) < 4.78 is 0. The molecule has 25 heavy (non-hydrogen) atoms. The Labute approximate surface area is 146 Å². The zero-order chi connectivity index (χ0) is 17.3. The smallest absolute Gasteiger partial charge is 0.169 e. The van der Waals surface area contributed by atoms with Gasteiger partial charge in [0.25, 0.3) is 0 Å². The summed E-state index contributed by atoms with van der Waals surface area (Å²) >= 11 is 0. The third-order valence-corrected chi connectivity index (χ3v) is 3.69. The van der Waals surface area contributed by atoms with E-state index in [0.717, 1.165) is 11.1 Å². The third-order valence-electron chi connectivity index (χ3n) is 3.69. The monoisotopic (exact) mass is 330 g/mol. The van der Waals surface area contributed by atoms with Crippen molar-refractivity contribution in [2.45, 2.75) is 13.0 Å². The van der Waals surface area contributed by atoms with Gasteiger partial charge < -0.3 is 4.84 Å². The van der Waals surface area contributed by atoms with Gasteiger partial charge in [0.05, 0.1) is 12.1 Å². The molecular weight excluding hydrogens is 312 g/mol. The van der Waals surface area contributed by atoms with Crippen LogP contribution in [0.2, 0.25) is 0 Å². The molecule has 0 aliphatic carbocycles. The van der Waals surface area contributed by atoms with Crippen LogP contribution in [-0.2, 0) is 11.4 Å². The number of nitrogens with zero attached hydrogens (tertiary/aromatic N) is 2. The van der Waals surface area contributed by atoms with Gasteiger partial charge in [0.15, 0.2) is 5.78 Å². The molecule has 0 bridgehead atoms. The van der Waals surface area contributed by atoms with Gasteiger partial charge in [-0.2, -0.15) is 0 Å². The van der Waals surface area contributed by atoms with Crippen LogP contribution in [0.25, 0.3) is 0 Å². The molecule has 1 heterocycles. The minimum Gasteiger partial charge on any atom is -0.391 e. The Balaban J connectivity index is 1.76. The Morgan fingerprint density at radius 2 is 1.48 bits per heavy atom. The van der Waals surface area contributed by atoms with E-state index in [1.807, 2.05) is 60.7 Å². The maximum Gasteiger partial charge on any atom is 0.169 e. The topological polar surface area (TPSA) is 51.5 Å². The SMILES string of the molecule is O=C(C/C(=N\OCc1ccccc1)c1ccccc1)c1ccncc1. The number of aromatic nitrogens is 1. The summed E-state index contributed by atoms with van der Waals surface area (Å²) in [6.45, 7) is 0.362. The lowest BCUT2D eigenvalue weighted by atomic mass is 10.0. The number of ketones is 1. The van der Waals surface area contributed by atoms with Gasteiger partial charge in [-0.25, -0.2) is 0 Å². The van der Waals surface area contributed by atoms with E-state index in [9.17, 15) is 4.79 Å². The molecule has 1 aromatic heterocycles. The number of Topliss-reactive ketones (excluding diaryl/α,β-unsaturated/α-hetero) is 1. The van der Waals surface area contributed by atoms with Crippen molar-refractivity contribution in [3.63, 3.8) is 0 Å². The highest BCUT2D eigenvalue weighted by Gasteiger charge is 2.13. The first kappa shape index (κ1) is 16.6. The molecule has 3 aromatic rings. The van der Waals surface area contributed by atoms with Gasteiger partial charge in [0.2, 0.25) is 0 Å². The van der Waals surface area contributed by atoms with Crippen molar-refractivity contribution in [2.24, 2.45) is 5.16 Å². The zero-order valence-electron chi connectivity index (χ0n) is 13.7. The second kappa shape index (κ2) is 8.55. The molecule has 124 valence electrons. The van der Waals surface area contributed by atoms with Gasteiger partial charge >= 0.3 is 0 Å². The molecule has 0 aliphatic rings. The normalized spacial score (nSPS) is 11.1. The summed E-state index contributed by atoms with van der Waals surface area (Å²) in [5.41, 5.74) is 3.12. The summed E-state index contributed by atoms with van der Waals surface area (Å²) in [5.74, 6) is -0.0201. The standard InChI is InChI=1S/C21H18N2O2/c24-21(19-11-13-22-14-12-19)15-20(18-9-5-2-6-10-18)23-25-16-17-7-3-1-4-8-17/h1-14H,15-16H2/b23-20+. The van der Waals surface area contributed by atoms with Crippen molar-refractivity contribution in [2.75, 3.05) is 0 Å². The van der Waals surface area contributed by atoms with Crippen LogP contribution >= 0.6 is 0 Å². The zero-order valence-corrected chi connectivity index (χ0v) is 13.7. The van der Waals surface area contributed by atoms with Crippen molar-refractivity contribution in [3.05, 3.63) is 102 Å². The summed E-state index contributed by atoms with van der Waals surface area (Å²) in [6, 6.07) is 22.8. The summed E-state index contributed by atoms with van der Waals surface area (Å²) in [5, 5.41) is 4.23. The van der Waals surface area contributed by atoms with Gasteiger partial charge in [-0.1, -0.05) is 65.8 Å². The second-order valence-corrected chi connectivity index (χ2v) is 5.50. The fourth-order valence-electron chi connectivity index (χ4n) is 2.37. The Bertz CT molecular complexity index is 832. The average molecular weight is 330 g/mol. The molecular formula is C21H18N2O2. The molecule has 0 N–H and O–H groups in total. The number of hydrogen-bond acceptors (Lipinski definition) is 4. The quantitative estimate of drug-likeness (QED) is 0.369. The maximum atomic E-state index is 12.5. The van der Waals surface area contributed by atoms with E-state index in [1.54, 1.807) is 24.5 Å². The van der Waals surface area contributed by atoms with Crippen LogP contribution in [0.4, 0.5) is 0 Å². The molecule has 0 aliphatic heterocycles. The second-order valence-electron chi connectivity index (χ2n) is 5.50. The molecule has 4 heteroatoms. The fourth-order valence-corrected chi connectivity index (χ4v) is 2.37. The predicted molar refractivity (Wildman–Crippen MR) is 97.4 cm³/mol. The summed E-state index contributed by atoms with van der Waals surface area (Å²) in [4.78, 5) is 21.9. The maximum absolute atomic E-state index is 12.5. The van der Waals surface area contributed by atoms with Crippen LogP contribution in [0.1, 0.15) is 27.9 Å². The molecule has 0 atom stereocenters. The van der Waals surface area contributed by atoms with Crippen molar-refractivity contribution in [1.29, 1.82) is 0 Å². The molecule has 0 unspecified atom stereocenters. The van der Waals surface area contributed by atoms with E-state index in [0.29, 0.717) is 17.9 Å². The summed E-state index contributed by atoms with van der Waals surface area (Å²) in [6.07, 6.45) is 3.39. The average Bonchev–Trinajstić information content (AvgIpc) is 2.69. The van der Waals surface area contributed by atoms with Crippen LogP contribution in [0.15, 0.2) is 90.3 Å². The summed E-state index contributed by atoms with van der Waals surface area (Å²) in [7, 11) is 0. The largest absolute Gasteiger partial charge is 0.391 e. The number of carbonyl (C=O) groups excluding carboxylic acids is 1. The third kappa shape index (κ3) is 4.85. The molecule has 2 aromatic carbocycles. The lowest BCUT2D eigenvalue weighted by molar-refractivity contribution is 0.0994. The van der Waals surface area contributed by atoms with Crippen LogP contribution in [0.5, 0.6) is 0 Å². The van der Waals surface area contributed by atoms with Gasteiger partial charge in [-0.3, -0.25) is 9.78 Å². The van der Waals surface area contributed by atoms with Gasteiger partial charge in [0.1, 0.15) is 6.61 Å². The van der Waals surface area contributed by atoms with Crippen LogP contribution in [-0.4, -0.2) is 16.5 Å². The van der Waals surface area contributed by atoms with E-state index in [-0.39, 0.29) is 12.2 Å². The molecule has 3 rings (SSSR count). The first-order valence-electron chi connectivity index (χ1n) is 8.04. The highest BCUT2D eigenvalue weighted by atomic mass is 16.6. The molecule has 4 nitrogen and oxygen atoms in total. The van der Waals surface area contributed by atoms with Gasteiger partial charge in [-0.15, -0.1) is 0 Å². The van der Waals surface area contributed by atoms with Crippen LogP contribution < -0.4 is 0 Å². The minimum absolute atomic E-state index is 0.0201. The lowest BCUT2D eigenvalue weighted by Crippen LogP contribution is -2.10. The molecule has 0 spiro atoms. The van der Waals surface area contributed by atoms with E-state index < -0.39 is 0 Å². The van der Waals surface area contributed by atoms with Gasteiger partial charge in [-0.05, 0) is 23.3 Å². The highest BCUT2D eigenvalue weighted by molar-refractivity contribution is 6.15. The van der Waals surface area contributed by atoms with Crippen molar-refractivity contribution >= 4 is 11.5 Å². The first-order chi connectivity index (χ1) is 12.3. The Morgan fingerprint density at radius 3 is 2.16 bits per heavy atom. The van der Waals surface area contributed by atoms with Crippen molar-refractivity contribution < 1.29 is 9.63 Å². The molecule has 0 fully saturated rings. The Kier molecular flexibility index (Phi) is 5.67. The van der Waals surface area contributed by atoms with Crippen LogP contribution in [0.3, 0.4) is 0 Å².